The monoisotopic (exact) mass is 271 g/mol. The van der Waals surface area contributed by atoms with Gasteiger partial charge >= 0.3 is 5.97 Å². The Morgan fingerprint density at radius 3 is 2.72 bits per heavy atom. The number of carbonyl (C=O) groups excluding carboxylic acids is 1. The molecule has 0 aliphatic heterocycles. The van der Waals surface area contributed by atoms with Gasteiger partial charge in [0.25, 0.3) is 0 Å². The Morgan fingerprint density at radius 1 is 1.61 bits per heavy atom. The highest BCUT2D eigenvalue weighted by Crippen LogP contribution is 2.19. The number of nitrogens with zero attached hydrogens (tertiary/aromatic N) is 2. The number of carbonyl (C=O) groups is 1. The number of hydrogen-bond acceptors (Lipinski definition) is 5. The maximum atomic E-state index is 11.6. The fraction of sp³-hybridized carbons (Fsp3) is 0.667. The average molecular weight is 271 g/mol. The van der Waals surface area contributed by atoms with Crippen LogP contribution in [0.3, 0.4) is 0 Å². The van der Waals surface area contributed by atoms with E-state index in [1.54, 1.807) is 11.8 Å². The highest BCUT2D eigenvalue weighted by molar-refractivity contribution is 7.99. The molecule has 5 nitrogen and oxygen atoms in total. The molecular weight excluding hydrogens is 250 g/mol. The SMILES string of the molecule is COC(=O)C(CSc1cc(C)nn1C)NC(C)C. The molecule has 0 aromatic carbocycles. The minimum Gasteiger partial charge on any atom is -0.468 e. The van der Waals surface area contributed by atoms with Crippen LogP contribution in [0.15, 0.2) is 11.1 Å². The van der Waals surface area contributed by atoms with E-state index in [-0.39, 0.29) is 18.1 Å². The summed E-state index contributed by atoms with van der Waals surface area (Å²) in [5, 5.41) is 8.52. The second-order valence-electron chi connectivity index (χ2n) is 4.46. The Balaban J connectivity index is 2.61. The number of thioether (sulfide) groups is 1. The van der Waals surface area contributed by atoms with Crippen LogP contribution in [-0.2, 0) is 16.6 Å². The molecule has 1 atom stereocenters. The first-order valence-electron chi connectivity index (χ1n) is 5.91. The van der Waals surface area contributed by atoms with E-state index in [4.69, 9.17) is 4.74 Å². The van der Waals surface area contributed by atoms with Gasteiger partial charge in [0.05, 0.1) is 17.8 Å². The molecule has 0 spiro atoms. The molecule has 0 fully saturated rings. The fourth-order valence-electron chi connectivity index (χ4n) is 1.62. The highest BCUT2D eigenvalue weighted by atomic mass is 32.2. The van der Waals surface area contributed by atoms with Gasteiger partial charge in [0.1, 0.15) is 6.04 Å². The summed E-state index contributed by atoms with van der Waals surface area (Å²) in [7, 11) is 3.31. The maximum Gasteiger partial charge on any atom is 0.323 e. The van der Waals surface area contributed by atoms with Crippen LogP contribution in [0, 0.1) is 6.92 Å². The lowest BCUT2D eigenvalue weighted by Crippen LogP contribution is -2.43. The number of aromatic nitrogens is 2. The van der Waals surface area contributed by atoms with Gasteiger partial charge in [-0.1, -0.05) is 13.8 Å². The molecule has 1 heterocycles. The fourth-order valence-corrected chi connectivity index (χ4v) is 2.67. The van der Waals surface area contributed by atoms with Crippen molar-refractivity contribution in [2.45, 2.75) is 37.9 Å². The van der Waals surface area contributed by atoms with Crippen molar-refractivity contribution >= 4 is 17.7 Å². The van der Waals surface area contributed by atoms with Crippen LogP contribution in [0.4, 0.5) is 0 Å². The zero-order valence-corrected chi connectivity index (χ0v) is 12.4. The second-order valence-corrected chi connectivity index (χ2v) is 5.50. The van der Waals surface area contributed by atoms with Crippen LogP contribution in [0.5, 0.6) is 0 Å². The number of methoxy groups -OCH3 is 1. The van der Waals surface area contributed by atoms with E-state index in [1.165, 1.54) is 7.11 Å². The average Bonchev–Trinajstić information content (AvgIpc) is 2.61. The van der Waals surface area contributed by atoms with Crippen molar-refractivity contribution in [2.75, 3.05) is 12.9 Å². The molecule has 0 radical (unpaired) electrons. The van der Waals surface area contributed by atoms with Gasteiger partial charge in [-0.2, -0.15) is 5.10 Å². The Kier molecular flexibility index (Phi) is 5.68. The first-order valence-corrected chi connectivity index (χ1v) is 6.90. The number of aryl methyl sites for hydroxylation is 2. The van der Waals surface area contributed by atoms with Crippen molar-refractivity contribution < 1.29 is 9.53 Å². The largest absolute Gasteiger partial charge is 0.468 e. The molecular formula is C12H21N3O2S. The van der Waals surface area contributed by atoms with E-state index in [2.05, 4.69) is 10.4 Å². The number of hydrogen-bond donors (Lipinski definition) is 1. The molecule has 6 heteroatoms. The van der Waals surface area contributed by atoms with Crippen molar-refractivity contribution in [3.8, 4) is 0 Å². The first kappa shape index (κ1) is 15.0. The van der Waals surface area contributed by atoms with Crippen molar-refractivity contribution in [1.82, 2.24) is 15.1 Å². The molecule has 1 unspecified atom stereocenters. The van der Waals surface area contributed by atoms with Crippen molar-refractivity contribution in [3.05, 3.63) is 11.8 Å². The molecule has 18 heavy (non-hydrogen) atoms. The van der Waals surface area contributed by atoms with Gasteiger partial charge in [-0.15, -0.1) is 11.8 Å². The molecule has 1 N–H and O–H groups in total. The highest BCUT2D eigenvalue weighted by Gasteiger charge is 2.20. The van der Waals surface area contributed by atoms with Gasteiger partial charge in [0.15, 0.2) is 0 Å². The van der Waals surface area contributed by atoms with Gasteiger partial charge < -0.3 is 10.1 Å². The second kappa shape index (κ2) is 6.80. The van der Waals surface area contributed by atoms with Crippen LogP contribution < -0.4 is 5.32 Å². The summed E-state index contributed by atoms with van der Waals surface area (Å²) in [5.74, 6) is 0.402. The van der Waals surface area contributed by atoms with Crippen LogP contribution >= 0.6 is 11.8 Å². The lowest BCUT2D eigenvalue weighted by molar-refractivity contribution is -0.142. The van der Waals surface area contributed by atoms with Crippen molar-refractivity contribution in [3.63, 3.8) is 0 Å². The lowest BCUT2D eigenvalue weighted by Gasteiger charge is -2.18. The number of ether oxygens (including phenoxy) is 1. The summed E-state index contributed by atoms with van der Waals surface area (Å²) in [4.78, 5) is 11.6. The Bertz CT molecular complexity index is 404. The summed E-state index contributed by atoms with van der Waals surface area (Å²) < 4.78 is 6.62. The lowest BCUT2D eigenvalue weighted by atomic mass is 10.3. The van der Waals surface area contributed by atoms with Gasteiger partial charge in [0, 0.05) is 18.8 Å². The van der Waals surface area contributed by atoms with E-state index in [1.807, 2.05) is 38.6 Å². The maximum absolute atomic E-state index is 11.6. The molecule has 0 amide bonds. The molecule has 102 valence electrons. The molecule has 0 saturated heterocycles. The standard InChI is InChI=1S/C12H21N3O2S/c1-8(2)13-10(12(16)17-5)7-18-11-6-9(3)14-15(11)4/h6,8,10,13H,7H2,1-5H3. The molecule has 1 aromatic heterocycles. The third kappa shape index (κ3) is 4.34. The third-order valence-corrected chi connectivity index (χ3v) is 3.55. The third-order valence-electron chi connectivity index (χ3n) is 2.38. The van der Waals surface area contributed by atoms with Crippen LogP contribution in [0.25, 0.3) is 0 Å². The van der Waals surface area contributed by atoms with Crippen molar-refractivity contribution in [2.24, 2.45) is 7.05 Å². The van der Waals surface area contributed by atoms with Gasteiger partial charge in [0.2, 0.25) is 0 Å². The summed E-state index contributed by atoms with van der Waals surface area (Å²) in [5.41, 5.74) is 0.978. The summed E-state index contributed by atoms with van der Waals surface area (Å²) >= 11 is 1.60. The Hall–Kier alpha value is -1.01. The zero-order valence-electron chi connectivity index (χ0n) is 11.6. The smallest absolute Gasteiger partial charge is 0.323 e. The van der Waals surface area contributed by atoms with E-state index in [0.29, 0.717) is 5.75 Å². The molecule has 0 bridgehead atoms. The molecule has 1 rings (SSSR count). The van der Waals surface area contributed by atoms with E-state index in [0.717, 1.165) is 10.7 Å². The Labute approximate surface area is 112 Å². The summed E-state index contributed by atoms with van der Waals surface area (Å²) in [6.07, 6.45) is 0. The van der Waals surface area contributed by atoms with Crippen LogP contribution in [0.1, 0.15) is 19.5 Å². The van der Waals surface area contributed by atoms with Gasteiger partial charge in [-0.05, 0) is 13.0 Å². The number of rotatable bonds is 6. The van der Waals surface area contributed by atoms with Crippen molar-refractivity contribution in [1.29, 1.82) is 0 Å². The molecule has 0 aliphatic carbocycles. The predicted molar refractivity (Wildman–Crippen MR) is 72.7 cm³/mol. The summed E-state index contributed by atoms with van der Waals surface area (Å²) in [6.45, 7) is 5.97. The molecule has 0 saturated carbocycles. The minimum absolute atomic E-state index is 0.227. The quantitative estimate of drug-likeness (QED) is 0.625. The van der Waals surface area contributed by atoms with Gasteiger partial charge in [-0.25, -0.2) is 0 Å². The normalized spacial score (nSPS) is 12.8. The minimum atomic E-state index is -0.296. The Morgan fingerprint density at radius 2 is 2.28 bits per heavy atom. The van der Waals surface area contributed by atoms with E-state index < -0.39 is 0 Å². The summed E-state index contributed by atoms with van der Waals surface area (Å²) in [6, 6.07) is 1.95. The zero-order chi connectivity index (χ0) is 13.7. The van der Waals surface area contributed by atoms with Gasteiger partial charge in [-0.3, -0.25) is 9.48 Å². The van der Waals surface area contributed by atoms with Crippen LogP contribution in [-0.4, -0.2) is 40.7 Å². The molecule has 1 aromatic rings. The predicted octanol–water partition coefficient (Wildman–Crippen LogP) is 1.36. The van der Waals surface area contributed by atoms with E-state index >= 15 is 0 Å². The number of esters is 1. The molecule has 0 aliphatic rings. The van der Waals surface area contributed by atoms with E-state index in [9.17, 15) is 4.79 Å². The topological polar surface area (TPSA) is 56.1 Å². The first-order chi connectivity index (χ1) is 8.43. The van der Waals surface area contributed by atoms with Crippen LogP contribution in [0.2, 0.25) is 0 Å². The number of nitrogens with one attached hydrogen (secondary N) is 1.